The third-order valence-electron chi connectivity index (χ3n) is 4.58. The Hall–Kier alpha value is -4.25. The molecule has 0 aliphatic heterocycles. The van der Waals surface area contributed by atoms with Crippen molar-refractivity contribution in [1.29, 1.82) is 0 Å². The first-order chi connectivity index (χ1) is 16.4. The summed E-state index contributed by atoms with van der Waals surface area (Å²) in [4.78, 5) is 41.3. The molecule has 11 heteroatoms. The lowest BCUT2D eigenvalue weighted by atomic mass is 10.2. The lowest BCUT2D eigenvalue weighted by molar-refractivity contribution is -0.118. The van der Waals surface area contributed by atoms with Crippen molar-refractivity contribution in [2.75, 3.05) is 19.0 Å². The molecule has 0 bridgehead atoms. The van der Waals surface area contributed by atoms with Crippen LogP contribution in [-0.4, -0.2) is 40.2 Å². The molecule has 174 valence electrons. The quantitative estimate of drug-likeness (QED) is 0.382. The lowest BCUT2D eigenvalue weighted by Crippen LogP contribution is -2.20. The van der Waals surface area contributed by atoms with E-state index in [9.17, 15) is 14.4 Å². The number of aryl methyl sites for hydroxylation is 1. The number of anilines is 1. The van der Waals surface area contributed by atoms with E-state index >= 15 is 0 Å². The van der Waals surface area contributed by atoms with Crippen LogP contribution in [0.25, 0.3) is 4.96 Å². The molecular formula is C23H20N4O6S. The van der Waals surface area contributed by atoms with Gasteiger partial charge in [-0.1, -0.05) is 11.3 Å². The number of ether oxygens (including phenoxy) is 3. The molecule has 4 rings (SSSR count). The number of benzene rings is 2. The molecule has 0 radical (unpaired) electrons. The molecule has 34 heavy (non-hydrogen) atoms. The number of hydrogen-bond acceptors (Lipinski definition) is 9. The van der Waals surface area contributed by atoms with Crippen LogP contribution in [0.2, 0.25) is 0 Å². The molecule has 1 amide bonds. The molecule has 0 fully saturated rings. The maximum Gasteiger partial charge on any atom is 0.338 e. The molecule has 2 heterocycles. The number of aromatic nitrogens is 3. The van der Waals surface area contributed by atoms with Crippen LogP contribution >= 0.6 is 11.3 Å². The largest absolute Gasteiger partial charge is 0.497 e. The molecule has 4 aromatic rings. The SMILES string of the molecule is COc1ccc(OCC(=O)Nc2ccc(C(=O)OCc3cc(=O)n4nc(C)sc4n3)cc2)cc1. The second-order valence-electron chi connectivity index (χ2n) is 7.07. The average molecular weight is 481 g/mol. The first-order valence-electron chi connectivity index (χ1n) is 10.1. The van der Waals surface area contributed by atoms with Crippen LogP contribution in [0.5, 0.6) is 11.5 Å². The van der Waals surface area contributed by atoms with Crippen LogP contribution in [0, 0.1) is 6.92 Å². The molecule has 0 unspecified atom stereocenters. The van der Waals surface area contributed by atoms with E-state index in [-0.39, 0.29) is 24.7 Å². The Balaban J connectivity index is 1.29. The van der Waals surface area contributed by atoms with Gasteiger partial charge in [0.2, 0.25) is 4.96 Å². The highest BCUT2D eigenvalue weighted by molar-refractivity contribution is 7.16. The molecule has 0 saturated carbocycles. The summed E-state index contributed by atoms with van der Waals surface area (Å²) >= 11 is 1.27. The highest BCUT2D eigenvalue weighted by Gasteiger charge is 2.12. The second-order valence-corrected chi connectivity index (χ2v) is 8.23. The van der Waals surface area contributed by atoms with Crippen LogP contribution in [-0.2, 0) is 16.1 Å². The van der Waals surface area contributed by atoms with E-state index in [1.54, 1.807) is 50.4 Å². The number of rotatable bonds is 8. The number of hydrogen-bond donors (Lipinski definition) is 1. The summed E-state index contributed by atoms with van der Waals surface area (Å²) in [6, 6.07) is 14.4. The molecule has 0 spiro atoms. The fourth-order valence-electron chi connectivity index (χ4n) is 2.96. The van der Waals surface area contributed by atoms with Crippen molar-refractivity contribution >= 4 is 33.9 Å². The molecule has 10 nitrogen and oxygen atoms in total. The van der Waals surface area contributed by atoms with Crippen LogP contribution in [0.15, 0.2) is 59.4 Å². The number of methoxy groups -OCH3 is 1. The number of amides is 1. The minimum atomic E-state index is -0.580. The van der Waals surface area contributed by atoms with Gasteiger partial charge in [-0.25, -0.2) is 9.78 Å². The smallest absolute Gasteiger partial charge is 0.338 e. The van der Waals surface area contributed by atoms with Gasteiger partial charge in [-0.2, -0.15) is 9.61 Å². The van der Waals surface area contributed by atoms with Gasteiger partial charge in [0.15, 0.2) is 6.61 Å². The number of nitrogens with zero attached hydrogens (tertiary/aromatic N) is 3. The summed E-state index contributed by atoms with van der Waals surface area (Å²) in [6.07, 6.45) is 0. The highest BCUT2D eigenvalue weighted by atomic mass is 32.1. The molecule has 2 aromatic carbocycles. The number of carbonyl (C=O) groups excluding carboxylic acids is 2. The molecule has 1 N–H and O–H groups in total. The van der Waals surface area contributed by atoms with Crippen molar-refractivity contribution in [3.8, 4) is 11.5 Å². The Morgan fingerprint density at radius 3 is 2.47 bits per heavy atom. The van der Waals surface area contributed by atoms with Gasteiger partial charge in [-0.05, 0) is 55.5 Å². The van der Waals surface area contributed by atoms with Crippen molar-refractivity contribution in [3.63, 3.8) is 0 Å². The average Bonchev–Trinajstić information content (AvgIpc) is 3.23. The predicted octanol–water partition coefficient (Wildman–Crippen LogP) is 2.84. The third-order valence-corrected chi connectivity index (χ3v) is 5.41. The van der Waals surface area contributed by atoms with E-state index in [4.69, 9.17) is 14.2 Å². The lowest BCUT2D eigenvalue weighted by Gasteiger charge is -2.09. The topological polar surface area (TPSA) is 121 Å². The van der Waals surface area contributed by atoms with Crippen LogP contribution in [0.1, 0.15) is 21.1 Å². The normalized spacial score (nSPS) is 10.6. The maximum absolute atomic E-state index is 12.3. The third kappa shape index (κ3) is 5.56. The zero-order chi connectivity index (χ0) is 24.1. The van der Waals surface area contributed by atoms with E-state index in [2.05, 4.69) is 15.4 Å². The van der Waals surface area contributed by atoms with E-state index in [1.165, 1.54) is 34.1 Å². The molecule has 2 aromatic heterocycles. The first kappa shape index (κ1) is 22.9. The van der Waals surface area contributed by atoms with Crippen LogP contribution in [0.4, 0.5) is 5.69 Å². The highest BCUT2D eigenvalue weighted by Crippen LogP contribution is 2.17. The Bertz CT molecular complexity index is 1380. The Morgan fingerprint density at radius 1 is 1.06 bits per heavy atom. The Morgan fingerprint density at radius 2 is 1.76 bits per heavy atom. The summed E-state index contributed by atoms with van der Waals surface area (Å²) in [5.41, 5.74) is 0.790. The zero-order valence-corrected chi connectivity index (χ0v) is 19.1. The van der Waals surface area contributed by atoms with E-state index in [0.29, 0.717) is 38.4 Å². The molecule has 0 aliphatic carbocycles. The predicted molar refractivity (Wildman–Crippen MR) is 125 cm³/mol. The Labute approximate surface area is 197 Å². The number of carbonyl (C=O) groups is 2. The van der Waals surface area contributed by atoms with E-state index in [1.807, 2.05) is 0 Å². The van der Waals surface area contributed by atoms with Gasteiger partial charge in [-0.3, -0.25) is 9.59 Å². The van der Waals surface area contributed by atoms with Crippen molar-refractivity contribution < 1.29 is 23.8 Å². The number of nitrogens with one attached hydrogen (secondary N) is 1. The zero-order valence-electron chi connectivity index (χ0n) is 18.3. The van der Waals surface area contributed by atoms with Gasteiger partial charge in [-0.15, -0.1) is 0 Å². The van der Waals surface area contributed by atoms with Crippen molar-refractivity contribution in [1.82, 2.24) is 14.6 Å². The summed E-state index contributed by atoms with van der Waals surface area (Å²) in [5, 5.41) is 7.47. The summed E-state index contributed by atoms with van der Waals surface area (Å²) in [7, 11) is 1.57. The van der Waals surface area contributed by atoms with Crippen molar-refractivity contribution in [2.24, 2.45) is 0 Å². The second kappa shape index (κ2) is 10.1. The van der Waals surface area contributed by atoms with Gasteiger partial charge in [0.1, 0.15) is 23.1 Å². The van der Waals surface area contributed by atoms with Crippen molar-refractivity contribution in [3.05, 3.63) is 81.2 Å². The minimum absolute atomic E-state index is 0.150. The van der Waals surface area contributed by atoms with Gasteiger partial charge in [0.05, 0.1) is 18.4 Å². The fraction of sp³-hybridized carbons (Fsp3) is 0.174. The standard InChI is InChI=1S/C23H20N4O6S/c1-14-26-27-21(29)11-17(25-23(27)34-14)12-33-22(30)15-3-5-16(6-4-15)24-20(28)13-32-19-9-7-18(31-2)8-10-19/h3-11H,12-13H2,1-2H3,(H,24,28). The molecule has 0 saturated heterocycles. The Kier molecular flexibility index (Phi) is 6.83. The van der Waals surface area contributed by atoms with Crippen molar-refractivity contribution in [2.45, 2.75) is 13.5 Å². The molecule has 0 atom stereocenters. The summed E-state index contributed by atoms with van der Waals surface area (Å²) < 4.78 is 17.0. The first-order valence-corrected chi connectivity index (χ1v) is 10.9. The molecular weight excluding hydrogens is 460 g/mol. The van der Waals surface area contributed by atoms with Crippen LogP contribution < -0.4 is 20.3 Å². The fourth-order valence-corrected chi connectivity index (χ4v) is 3.72. The minimum Gasteiger partial charge on any atom is -0.497 e. The number of fused-ring (bicyclic) bond motifs is 1. The van der Waals surface area contributed by atoms with E-state index in [0.717, 1.165) is 0 Å². The summed E-state index contributed by atoms with van der Waals surface area (Å²) in [5.74, 6) is 0.299. The maximum atomic E-state index is 12.3. The van der Waals surface area contributed by atoms with Gasteiger partial charge in [0.25, 0.3) is 11.5 Å². The van der Waals surface area contributed by atoms with Gasteiger partial charge in [0, 0.05) is 11.8 Å². The van der Waals surface area contributed by atoms with Gasteiger partial charge >= 0.3 is 5.97 Å². The van der Waals surface area contributed by atoms with E-state index < -0.39 is 5.97 Å². The van der Waals surface area contributed by atoms with Crippen LogP contribution in [0.3, 0.4) is 0 Å². The molecule has 0 aliphatic rings. The monoisotopic (exact) mass is 480 g/mol. The summed E-state index contributed by atoms with van der Waals surface area (Å²) in [6.45, 7) is 1.45. The number of esters is 1. The van der Waals surface area contributed by atoms with Gasteiger partial charge < -0.3 is 19.5 Å².